The van der Waals surface area contributed by atoms with Crippen LogP contribution in [0.15, 0.2) is 29.7 Å². The number of hydrogen-bond acceptors (Lipinski definition) is 5. The Balaban J connectivity index is 2.69. The van der Waals surface area contributed by atoms with Gasteiger partial charge in [0.25, 0.3) is 15.9 Å². The largest absolute Gasteiger partial charge is 0.493 e. The lowest BCUT2D eigenvalue weighted by Gasteiger charge is -2.36. The second-order valence-electron chi connectivity index (χ2n) is 9.58. The van der Waals surface area contributed by atoms with Crippen molar-refractivity contribution in [1.82, 2.24) is 5.32 Å². The van der Waals surface area contributed by atoms with Crippen LogP contribution in [-0.4, -0.2) is 40.6 Å². The van der Waals surface area contributed by atoms with Crippen molar-refractivity contribution in [2.75, 3.05) is 25.1 Å². The molecule has 1 amide bonds. The topological polar surface area (TPSA) is 84.9 Å². The lowest BCUT2D eigenvalue weighted by atomic mass is 9.82. The summed E-state index contributed by atoms with van der Waals surface area (Å²) in [5.41, 5.74) is 0.727. The zero-order valence-corrected chi connectivity index (χ0v) is 20.6. The number of methoxy groups -OCH3 is 2. The summed E-state index contributed by atoms with van der Waals surface area (Å²) in [6.07, 6.45) is 2.16. The summed E-state index contributed by atoms with van der Waals surface area (Å²) in [6.45, 7) is 15.3. The lowest BCUT2D eigenvalue weighted by molar-refractivity contribution is -0.118. The van der Waals surface area contributed by atoms with Crippen LogP contribution < -0.4 is 19.1 Å². The summed E-state index contributed by atoms with van der Waals surface area (Å²) >= 11 is 0. The molecule has 31 heavy (non-hydrogen) atoms. The van der Waals surface area contributed by atoms with Gasteiger partial charge in [0, 0.05) is 17.2 Å². The van der Waals surface area contributed by atoms with Gasteiger partial charge in [-0.15, -0.1) is 6.58 Å². The minimum absolute atomic E-state index is 0.0141. The zero-order valence-electron chi connectivity index (χ0n) is 19.8. The van der Waals surface area contributed by atoms with Crippen LogP contribution in [0.2, 0.25) is 0 Å². The van der Waals surface area contributed by atoms with Gasteiger partial charge in [0.15, 0.2) is 16.4 Å². The van der Waals surface area contributed by atoms with Crippen LogP contribution in [0.5, 0.6) is 11.5 Å². The van der Waals surface area contributed by atoms with Crippen molar-refractivity contribution < 1.29 is 22.7 Å². The highest BCUT2D eigenvalue weighted by Gasteiger charge is 2.41. The first-order valence-corrected chi connectivity index (χ1v) is 11.6. The van der Waals surface area contributed by atoms with E-state index in [0.29, 0.717) is 34.7 Å². The molecule has 0 aliphatic carbocycles. The Bertz CT molecular complexity index is 1020. The predicted octanol–water partition coefficient (Wildman–Crippen LogP) is 4.10. The molecule has 0 fully saturated rings. The molecule has 0 spiro atoms. The maximum atomic E-state index is 13.5. The molecule has 0 atom stereocenters. The van der Waals surface area contributed by atoms with Crippen LogP contribution in [0.1, 0.15) is 53.5 Å². The molecule has 0 bridgehead atoms. The third kappa shape index (κ3) is 5.06. The maximum Gasteiger partial charge on any atom is 0.270 e. The Morgan fingerprint density at radius 3 is 2.16 bits per heavy atom. The number of carbonyl (C=O) groups is 1. The molecule has 0 saturated heterocycles. The van der Waals surface area contributed by atoms with Gasteiger partial charge in [-0.1, -0.05) is 26.8 Å². The summed E-state index contributed by atoms with van der Waals surface area (Å²) in [6, 6.07) is 3.30. The molecule has 1 aromatic rings. The summed E-state index contributed by atoms with van der Waals surface area (Å²) in [5.74, 6) is 0.227. The van der Waals surface area contributed by atoms with Crippen LogP contribution in [-0.2, 0) is 14.8 Å². The summed E-state index contributed by atoms with van der Waals surface area (Å²) in [4.78, 5) is 13.0. The first kappa shape index (κ1) is 24.8. The summed E-state index contributed by atoms with van der Waals surface area (Å²) in [5, 5.41) is 2.93. The number of allylic oxidation sites excluding steroid dienone is 1. The summed E-state index contributed by atoms with van der Waals surface area (Å²) < 4.78 is 39.0. The third-order valence-corrected chi connectivity index (χ3v) is 6.92. The van der Waals surface area contributed by atoms with Gasteiger partial charge in [0.2, 0.25) is 0 Å². The standard InChI is InChI=1S/C23H34N2O5S/c1-10-11-25-17-13-19(30-9)18(29-8)12-16(17)15(2)20(31(25,27)28)21(26)24-23(6,7)14-22(3,4)5/h10,12-13H,1,11,14H2,2-9H3,(H,24,26). The second-order valence-corrected chi connectivity index (χ2v) is 11.4. The van der Waals surface area contributed by atoms with Crippen molar-refractivity contribution in [3.05, 3.63) is 35.3 Å². The highest BCUT2D eigenvalue weighted by Crippen LogP contribution is 2.45. The van der Waals surface area contributed by atoms with Gasteiger partial charge in [-0.05, 0) is 44.2 Å². The van der Waals surface area contributed by atoms with E-state index in [9.17, 15) is 13.2 Å². The van der Waals surface area contributed by atoms with Gasteiger partial charge >= 0.3 is 0 Å². The van der Waals surface area contributed by atoms with E-state index in [1.807, 2.05) is 13.8 Å². The highest BCUT2D eigenvalue weighted by atomic mass is 32.2. The van der Waals surface area contributed by atoms with E-state index in [1.54, 1.807) is 19.1 Å². The average Bonchev–Trinajstić information content (AvgIpc) is 2.61. The number of ether oxygens (including phenoxy) is 2. The number of amides is 1. The Morgan fingerprint density at radius 1 is 1.13 bits per heavy atom. The molecule has 1 N–H and O–H groups in total. The fourth-order valence-corrected chi connectivity index (χ4v) is 5.98. The minimum Gasteiger partial charge on any atom is -0.493 e. The van der Waals surface area contributed by atoms with Crippen molar-refractivity contribution >= 4 is 27.2 Å². The molecular weight excluding hydrogens is 416 g/mol. The van der Waals surface area contributed by atoms with E-state index in [0.717, 1.165) is 0 Å². The van der Waals surface area contributed by atoms with E-state index in [2.05, 4.69) is 32.7 Å². The number of benzene rings is 1. The van der Waals surface area contributed by atoms with E-state index in [-0.39, 0.29) is 16.9 Å². The number of anilines is 1. The molecule has 1 aliphatic rings. The van der Waals surface area contributed by atoms with Gasteiger partial charge in [-0.2, -0.15) is 0 Å². The number of carbonyl (C=O) groups excluding carboxylic acids is 1. The minimum atomic E-state index is -4.12. The molecule has 2 rings (SSSR count). The monoisotopic (exact) mass is 450 g/mol. The number of nitrogens with one attached hydrogen (secondary N) is 1. The first-order chi connectivity index (χ1) is 14.2. The number of nitrogens with zero attached hydrogens (tertiary/aromatic N) is 1. The first-order valence-electron chi connectivity index (χ1n) is 10.1. The average molecular weight is 451 g/mol. The van der Waals surface area contributed by atoms with Crippen molar-refractivity contribution in [1.29, 1.82) is 0 Å². The molecule has 0 radical (unpaired) electrons. The Labute approximate surface area is 186 Å². The fraction of sp³-hybridized carbons (Fsp3) is 0.522. The van der Waals surface area contributed by atoms with E-state index in [4.69, 9.17) is 9.47 Å². The Hall–Kier alpha value is -2.48. The molecule has 1 heterocycles. The van der Waals surface area contributed by atoms with Crippen LogP contribution in [0.4, 0.5) is 5.69 Å². The smallest absolute Gasteiger partial charge is 0.270 e. The quantitative estimate of drug-likeness (QED) is 0.632. The number of hydrogen-bond donors (Lipinski definition) is 1. The SMILES string of the molecule is C=CCN1c2cc(OC)c(OC)cc2C(C)=C(C(=O)NC(C)(C)CC(C)(C)C)S1(=O)=O. The maximum absolute atomic E-state index is 13.5. The van der Waals surface area contributed by atoms with E-state index in [1.165, 1.54) is 24.6 Å². The molecule has 1 aliphatic heterocycles. The zero-order chi connectivity index (χ0) is 23.8. The molecular formula is C23H34N2O5S. The molecule has 1 aromatic carbocycles. The molecule has 0 aromatic heterocycles. The van der Waals surface area contributed by atoms with Crippen LogP contribution in [0, 0.1) is 5.41 Å². The highest BCUT2D eigenvalue weighted by molar-refractivity contribution is 7.97. The van der Waals surface area contributed by atoms with Gasteiger partial charge in [-0.25, -0.2) is 8.42 Å². The number of rotatable bonds is 7. The molecule has 172 valence electrons. The van der Waals surface area contributed by atoms with Gasteiger partial charge < -0.3 is 14.8 Å². The van der Waals surface area contributed by atoms with Gasteiger partial charge in [0.1, 0.15) is 0 Å². The number of sulfonamides is 1. The third-order valence-electron chi connectivity index (χ3n) is 4.99. The molecule has 0 unspecified atom stereocenters. The lowest BCUT2D eigenvalue weighted by Crippen LogP contribution is -2.49. The van der Waals surface area contributed by atoms with E-state index >= 15 is 0 Å². The van der Waals surface area contributed by atoms with Gasteiger partial charge in [-0.3, -0.25) is 9.10 Å². The second kappa shape index (κ2) is 8.57. The van der Waals surface area contributed by atoms with Crippen molar-refractivity contribution in [3.8, 4) is 11.5 Å². The molecule has 8 heteroatoms. The van der Waals surface area contributed by atoms with E-state index < -0.39 is 21.5 Å². The predicted molar refractivity (Wildman–Crippen MR) is 125 cm³/mol. The normalized spacial score (nSPS) is 15.9. The van der Waals surface area contributed by atoms with Crippen molar-refractivity contribution in [3.63, 3.8) is 0 Å². The van der Waals surface area contributed by atoms with Crippen LogP contribution >= 0.6 is 0 Å². The molecule has 7 nitrogen and oxygen atoms in total. The Kier molecular flexibility index (Phi) is 6.85. The number of fused-ring (bicyclic) bond motifs is 1. The fourth-order valence-electron chi connectivity index (χ4n) is 4.27. The van der Waals surface area contributed by atoms with Crippen LogP contribution in [0.3, 0.4) is 0 Å². The van der Waals surface area contributed by atoms with Crippen LogP contribution in [0.25, 0.3) is 5.57 Å². The summed E-state index contributed by atoms with van der Waals surface area (Å²) in [7, 11) is -1.12. The molecule has 0 saturated carbocycles. The van der Waals surface area contributed by atoms with Crippen molar-refractivity contribution in [2.45, 2.75) is 53.5 Å². The Morgan fingerprint density at radius 2 is 1.68 bits per heavy atom. The van der Waals surface area contributed by atoms with Crippen molar-refractivity contribution in [2.24, 2.45) is 5.41 Å². The van der Waals surface area contributed by atoms with Gasteiger partial charge in [0.05, 0.1) is 26.5 Å².